The molecule has 4 rings (SSSR count). The second-order valence-corrected chi connectivity index (χ2v) is 7.22. The molecule has 0 saturated carbocycles. The average Bonchev–Trinajstić information content (AvgIpc) is 2.77. The number of rotatable bonds is 4. The molecule has 3 aromatic carbocycles. The molecule has 30 heavy (non-hydrogen) atoms. The van der Waals surface area contributed by atoms with Gasteiger partial charge in [-0.25, -0.2) is 8.78 Å². The van der Waals surface area contributed by atoms with Gasteiger partial charge >= 0.3 is 0 Å². The van der Waals surface area contributed by atoms with Gasteiger partial charge in [-0.15, -0.1) is 0 Å². The number of fused-ring (bicyclic) bond motifs is 1. The van der Waals surface area contributed by atoms with E-state index in [1.54, 1.807) is 23.1 Å². The van der Waals surface area contributed by atoms with Crippen LogP contribution in [0.3, 0.4) is 0 Å². The molecular formula is C24H20F2N2O2. The summed E-state index contributed by atoms with van der Waals surface area (Å²) in [5.74, 6) is -1.93. The number of amides is 2. The van der Waals surface area contributed by atoms with E-state index in [4.69, 9.17) is 0 Å². The van der Waals surface area contributed by atoms with Gasteiger partial charge in [0.1, 0.15) is 11.6 Å². The van der Waals surface area contributed by atoms with Gasteiger partial charge in [0.15, 0.2) is 0 Å². The van der Waals surface area contributed by atoms with Crippen LogP contribution < -0.4 is 5.32 Å². The molecule has 152 valence electrons. The number of carbonyl (C=O) groups is 2. The van der Waals surface area contributed by atoms with Gasteiger partial charge in [-0.2, -0.15) is 0 Å². The first-order chi connectivity index (χ1) is 14.5. The van der Waals surface area contributed by atoms with E-state index >= 15 is 0 Å². The van der Waals surface area contributed by atoms with Crippen LogP contribution in [0.5, 0.6) is 0 Å². The van der Waals surface area contributed by atoms with E-state index in [2.05, 4.69) is 11.4 Å². The van der Waals surface area contributed by atoms with Gasteiger partial charge in [0, 0.05) is 13.1 Å². The van der Waals surface area contributed by atoms with Crippen LogP contribution in [0.2, 0.25) is 0 Å². The van der Waals surface area contributed by atoms with Crippen LogP contribution in [0.15, 0.2) is 66.7 Å². The Kier molecular flexibility index (Phi) is 5.57. The summed E-state index contributed by atoms with van der Waals surface area (Å²) >= 11 is 0. The van der Waals surface area contributed by atoms with Crippen molar-refractivity contribution in [3.05, 3.63) is 95.1 Å². The average molecular weight is 406 g/mol. The van der Waals surface area contributed by atoms with Crippen molar-refractivity contribution in [3.8, 4) is 11.1 Å². The van der Waals surface area contributed by atoms with Crippen LogP contribution >= 0.6 is 0 Å². The Morgan fingerprint density at radius 2 is 1.60 bits per heavy atom. The van der Waals surface area contributed by atoms with E-state index in [1.807, 2.05) is 18.2 Å². The van der Waals surface area contributed by atoms with Gasteiger partial charge in [-0.1, -0.05) is 42.5 Å². The summed E-state index contributed by atoms with van der Waals surface area (Å²) in [5.41, 5.74) is 3.37. The molecule has 1 aliphatic rings. The number of carbonyl (C=O) groups excluding carboxylic acids is 2. The van der Waals surface area contributed by atoms with Gasteiger partial charge in [0.2, 0.25) is 5.91 Å². The summed E-state index contributed by atoms with van der Waals surface area (Å²) in [4.78, 5) is 26.5. The monoisotopic (exact) mass is 406 g/mol. The van der Waals surface area contributed by atoms with Crippen molar-refractivity contribution in [2.45, 2.75) is 13.0 Å². The van der Waals surface area contributed by atoms with Crippen molar-refractivity contribution in [2.24, 2.45) is 0 Å². The normalized spacial score (nSPS) is 12.9. The number of nitrogens with one attached hydrogen (secondary N) is 1. The third-order valence-corrected chi connectivity index (χ3v) is 5.27. The fourth-order valence-electron chi connectivity index (χ4n) is 3.59. The second-order valence-electron chi connectivity index (χ2n) is 7.22. The molecule has 4 nitrogen and oxygen atoms in total. The predicted molar refractivity (Wildman–Crippen MR) is 110 cm³/mol. The maximum atomic E-state index is 14.5. The van der Waals surface area contributed by atoms with E-state index in [9.17, 15) is 18.4 Å². The van der Waals surface area contributed by atoms with E-state index in [0.717, 1.165) is 12.0 Å². The summed E-state index contributed by atoms with van der Waals surface area (Å²) in [7, 11) is 0. The lowest BCUT2D eigenvalue weighted by Crippen LogP contribution is -2.42. The highest BCUT2D eigenvalue weighted by Crippen LogP contribution is 2.22. The highest BCUT2D eigenvalue weighted by molar-refractivity contribution is 5.97. The zero-order valence-electron chi connectivity index (χ0n) is 16.2. The van der Waals surface area contributed by atoms with Crippen LogP contribution in [0.1, 0.15) is 21.5 Å². The molecule has 0 unspecified atom stereocenters. The summed E-state index contributed by atoms with van der Waals surface area (Å²) in [6, 6.07) is 17.8. The molecule has 0 fully saturated rings. The molecule has 1 aliphatic heterocycles. The van der Waals surface area contributed by atoms with Crippen molar-refractivity contribution in [1.82, 2.24) is 10.2 Å². The van der Waals surface area contributed by atoms with Gasteiger partial charge in [-0.05, 0) is 52.9 Å². The Morgan fingerprint density at radius 3 is 2.33 bits per heavy atom. The van der Waals surface area contributed by atoms with Gasteiger partial charge in [0.05, 0.1) is 12.1 Å². The lowest BCUT2D eigenvalue weighted by atomic mass is 10.00. The minimum atomic E-state index is -0.700. The molecule has 3 aromatic rings. The van der Waals surface area contributed by atoms with Crippen LogP contribution in [0, 0.1) is 11.6 Å². The van der Waals surface area contributed by atoms with Crippen molar-refractivity contribution in [1.29, 1.82) is 0 Å². The molecule has 0 bridgehead atoms. The standard InChI is InChI=1S/C24H20F2N2O2/c25-20-8-5-17(6-9-20)18-7-10-21(22(26)13-18)24(30)27-14-23(29)28-12-11-16-3-1-2-4-19(16)15-28/h1-10,13H,11-12,14-15H2,(H,27,30). The van der Waals surface area contributed by atoms with Crippen LogP contribution in [-0.2, 0) is 17.8 Å². The summed E-state index contributed by atoms with van der Waals surface area (Å²) in [5, 5.41) is 2.51. The maximum absolute atomic E-state index is 14.5. The number of nitrogens with zero attached hydrogens (tertiary/aromatic N) is 1. The molecule has 0 radical (unpaired) electrons. The molecule has 0 atom stereocenters. The van der Waals surface area contributed by atoms with Gasteiger partial charge in [0.25, 0.3) is 5.91 Å². The van der Waals surface area contributed by atoms with Crippen LogP contribution in [0.25, 0.3) is 11.1 Å². The number of halogens is 2. The predicted octanol–water partition coefficient (Wildman–Crippen LogP) is 3.95. The van der Waals surface area contributed by atoms with Gasteiger partial charge < -0.3 is 10.2 Å². The molecule has 6 heteroatoms. The minimum Gasteiger partial charge on any atom is -0.343 e. The van der Waals surface area contributed by atoms with Crippen LogP contribution in [0.4, 0.5) is 8.78 Å². The van der Waals surface area contributed by atoms with Crippen molar-refractivity contribution >= 4 is 11.8 Å². The molecule has 2 amide bonds. The van der Waals surface area contributed by atoms with E-state index < -0.39 is 11.7 Å². The fourth-order valence-corrected chi connectivity index (χ4v) is 3.59. The van der Waals surface area contributed by atoms with E-state index in [-0.39, 0.29) is 23.8 Å². The third kappa shape index (κ3) is 4.22. The van der Waals surface area contributed by atoms with E-state index in [0.29, 0.717) is 24.2 Å². The molecule has 1 heterocycles. The topological polar surface area (TPSA) is 49.4 Å². The quantitative estimate of drug-likeness (QED) is 0.713. The lowest BCUT2D eigenvalue weighted by molar-refractivity contribution is -0.131. The molecule has 0 aliphatic carbocycles. The van der Waals surface area contributed by atoms with Crippen molar-refractivity contribution < 1.29 is 18.4 Å². The first-order valence-corrected chi connectivity index (χ1v) is 9.69. The molecule has 0 aromatic heterocycles. The van der Waals surface area contributed by atoms with Crippen LogP contribution in [-0.4, -0.2) is 29.8 Å². The molecule has 0 spiro atoms. The number of benzene rings is 3. The third-order valence-electron chi connectivity index (χ3n) is 5.27. The Morgan fingerprint density at radius 1 is 0.900 bits per heavy atom. The Hall–Kier alpha value is -3.54. The summed E-state index contributed by atoms with van der Waals surface area (Å²) < 4.78 is 27.5. The maximum Gasteiger partial charge on any atom is 0.254 e. The summed E-state index contributed by atoms with van der Waals surface area (Å²) in [6.07, 6.45) is 0.773. The highest BCUT2D eigenvalue weighted by Gasteiger charge is 2.21. The number of hydrogen-bond acceptors (Lipinski definition) is 2. The van der Waals surface area contributed by atoms with Gasteiger partial charge in [-0.3, -0.25) is 9.59 Å². The second kappa shape index (κ2) is 8.45. The molecule has 0 saturated heterocycles. The highest BCUT2D eigenvalue weighted by atomic mass is 19.1. The smallest absolute Gasteiger partial charge is 0.254 e. The molecular weight excluding hydrogens is 386 g/mol. The fraction of sp³-hybridized carbons (Fsp3) is 0.167. The first-order valence-electron chi connectivity index (χ1n) is 9.69. The Labute approximate surface area is 173 Å². The first kappa shape index (κ1) is 19.8. The Balaban J connectivity index is 1.38. The summed E-state index contributed by atoms with van der Waals surface area (Å²) in [6.45, 7) is 0.901. The number of hydrogen-bond donors (Lipinski definition) is 1. The zero-order chi connectivity index (χ0) is 21.1. The molecule has 1 N–H and O–H groups in total. The zero-order valence-corrected chi connectivity index (χ0v) is 16.2. The minimum absolute atomic E-state index is 0.141. The van der Waals surface area contributed by atoms with E-state index in [1.165, 1.54) is 29.8 Å². The van der Waals surface area contributed by atoms with Crippen molar-refractivity contribution in [2.75, 3.05) is 13.1 Å². The lowest BCUT2D eigenvalue weighted by Gasteiger charge is -2.29. The van der Waals surface area contributed by atoms with Crippen molar-refractivity contribution in [3.63, 3.8) is 0 Å². The SMILES string of the molecule is O=C(NCC(=O)N1CCc2ccccc2C1)c1ccc(-c2ccc(F)cc2)cc1F. The Bertz CT molecular complexity index is 1100. The largest absolute Gasteiger partial charge is 0.343 e.